The molecule has 1 N–H and O–H groups in total. The van der Waals surface area contributed by atoms with E-state index in [1.165, 1.54) is 16.1 Å². The third kappa shape index (κ3) is 6.66. The minimum absolute atomic E-state index is 0.0483. The highest BCUT2D eigenvalue weighted by Gasteiger charge is 2.29. The first kappa shape index (κ1) is 19.7. The molecule has 1 amide bonds. The second-order valence-corrected chi connectivity index (χ2v) is 8.60. The predicted octanol–water partition coefficient (Wildman–Crippen LogP) is 1.94. The minimum Gasteiger partial charge on any atom is -0.494 e. The van der Waals surface area contributed by atoms with Gasteiger partial charge in [-0.2, -0.15) is 0 Å². The molecule has 25 heavy (non-hydrogen) atoms. The van der Waals surface area contributed by atoms with Gasteiger partial charge in [-0.15, -0.1) is 0 Å². The summed E-state index contributed by atoms with van der Waals surface area (Å²) >= 11 is 0. The lowest BCUT2D eigenvalue weighted by Crippen LogP contribution is -2.45. The highest BCUT2D eigenvalue weighted by molar-refractivity contribution is 7.88. The number of rotatable bonds is 8. The van der Waals surface area contributed by atoms with Gasteiger partial charge in [-0.25, -0.2) is 12.7 Å². The van der Waals surface area contributed by atoms with E-state index in [2.05, 4.69) is 5.32 Å². The zero-order valence-electron chi connectivity index (χ0n) is 15.0. The van der Waals surface area contributed by atoms with Crippen molar-refractivity contribution < 1.29 is 17.9 Å². The summed E-state index contributed by atoms with van der Waals surface area (Å²) in [6, 6.07) is 7.93. The van der Waals surface area contributed by atoms with Crippen LogP contribution < -0.4 is 10.1 Å². The van der Waals surface area contributed by atoms with Crippen molar-refractivity contribution in [1.82, 2.24) is 9.62 Å². The molecule has 0 aliphatic carbocycles. The Kier molecular flexibility index (Phi) is 7.25. The highest BCUT2D eigenvalue weighted by atomic mass is 32.2. The minimum atomic E-state index is -3.22. The third-order valence-corrected chi connectivity index (χ3v) is 5.65. The fourth-order valence-corrected chi connectivity index (χ4v) is 3.78. The van der Waals surface area contributed by atoms with Gasteiger partial charge >= 0.3 is 0 Å². The molecule has 1 aliphatic heterocycles. The van der Waals surface area contributed by atoms with Gasteiger partial charge in [0.15, 0.2) is 0 Å². The first-order valence-electron chi connectivity index (χ1n) is 8.78. The zero-order valence-corrected chi connectivity index (χ0v) is 15.8. The molecule has 1 unspecified atom stereocenters. The van der Waals surface area contributed by atoms with Crippen molar-refractivity contribution in [2.45, 2.75) is 32.6 Å². The van der Waals surface area contributed by atoms with Crippen molar-refractivity contribution in [2.24, 2.45) is 5.92 Å². The zero-order chi connectivity index (χ0) is 18.3. The first-order valence-corrected chi connectivity index (χ1v) is 10.6. The maximum atomic E-state index is 12.2. The highest BCUT2D eigenvalue weighted by Crippen LogP contribution is 2.18. The van der Waals surface area contributed by atoms with Crippen molar-refractivity contribution in [3.05, 3.63) is 29.8 Å². The molecule has 1 heterocycles. The summed E-state index contributed by atoms with van der Waals surface area (Å²) in [4.78, 5) is 12.2. The quantitative estimate of drug-likeness (QED) is 0.712. The van der Waals surface area contributed by atoms with Gasteiger partial charge in [-0.05, 0) is 44.7 Å². The van der Waals surface area contributed by atoms with Gasteiger partial charge < -0.3 is 10.1 Å². The number of piperidine rings is 1. The van der Waals surface area contributed by atoms with Crippen molar-refractivity contribution in [1.29, 1.82) is 0 Å². The topological polar surface area (TPSA) is 75.7 Å². The molecule has 1 aromatic carbocycles. The summed E-state index contributed by atoms with van der Waals surface area (Å²) in [5.41, 5.74) is 1.20. The van der Waals surface area contributed by atoms with Crippen LogP contribution in [0.5, 0.6) is 5.75 Å². The van der Waals surface area contributed by atoms with Crippen LogP contribution in [0.2, 0.25) is 0 Å². The number of nitrogens with zero attached hydrogens (tertiary/aromatic N) is 1. The van der Waals surface area contributed by atoms with Gasteiger partial charge in [0.1, 0.15) is 5.75 Å². The molecule has 1 atom stereocenters. The molecule has 6 nitrogen and oxygen atoms in total. The smallest absolute Gasteiger partial charge is 0.224 e. The van der Waals surface area contributed by atoms with E-state index in [0.29, 0.717) is 26.2 Å². The number of amides is 1. The van der Waals surface area contributed by atoms with Crippen LogP contribution >= 0.6 is 0 Å². The molecule has 140 valence electrons. The van der Waals surface area contributed by atoms with Gasteiger partial charge in [0.25, 0.3) is 0 Å². The Morgan fingerprint density at radius 3 is 2.68 bits per heavy atom. The van der Waals surface area contributed by atoms with Crippen molar-refractivity contribution >= 4 is 15.9 Å². The predicted molar refractivity (Wildman–Crippen MR) is 98.1 cm³/mol. The lowest BCUT2D eigenvalue weighted by atomic mass is 9.99. The van der Waals surface area contributed by atoms with Crippen LogP contribution in [0.4, 0.5) is 0 Å². The van der Waals surface area contributed by atoms with E-state index in [0.717, 1.165) is 31.4 Å². The molecule has 0 radical (unpaired) electrons. The Labute approximate surface area is 150 Å². The van der Waals surface area contributed by atoms with Crippen LogP contribution in [0.1, 0.15) is 31.2 Å². The molecule has 2 rings (SSSR count). The van der Waals surface area contributed by atoms with E-state index in [1.54, 1.807) is 0 Å². The summed E-state index contributed by atoms with van der Waals surface area (Å²) in [5.74, 6) is 0.567. The van der Waals surface area contributed by atoms with Gasteiger partial charge in [-0.3, -0.25) is 4.79 Å². The van der Waals surface area contributed by atoms with E-state index >= 15 is 0 Å². The normalized spacial score (nSPS) is 18.7. The second kappa shape index (κ2) is 9.20. The summed E-state index contributed by atoms with van der Waals surface area (Å²) in [5, 5.41) is 2.91. The third-order valence-electron chi connectivity index (χ3n) is 4.38. The molecule has 0 aromatic heterocycles. The van der Waals surface area contributed by atoms with Crippen LogP contribution in [0.15, 0.2) is 24.3 Å². The number of aryl methyl sites for hydroxylation is 1. The SMILES string of the molecule is Cc1ccc(OCCCCNC(=O)C2CCCN(S(C)(=O)=O)C2)cc1. The van der Waals surface area contributed by atoms with Gasteiger partial charge in [0.05, 0.1) is 18.8 Å². The molecule has 0 spiro atoms. The molecular formula is C18H28N2O4S. The second-order valence-electron chi connectivity index (χ2n) is 6.62. The molecule has 1 saturated heterocycles. The standard InChI is InChI=1S/C18H28N2O4S/c1-15-7-9-17(10-8-15)24-13-4-3-11-19-18(21)16-6-5-12-20(14-16)25(2,22)23/h7-10,16H,3-6,11-14H2,1-2H3,(H,19,21). The van der Waals surface area contributed by atoms with Crippen LogP contribution in [0.25, 0.3) is 0 Å². The molecule has 0 saturated carbocycles. The fraction of sp³-hybridized carbons (Fsp3) is 0.611. The van der Waals surface area contributed by atoms with Crippen LogP contribution in [0, 0.1) is 12.8 Å². The number of nitrogens with one attached hydrogen (secondary N) is 1. The van der Waals surface area contributed by atoms with Crippen molar-refractivity contribution in [3.8, 4) is 5.75 Å². The van der Waals surface area contributed by atoms with Crippen molar-refractivity contribution in [2.75, 3.05) is 32.5 Å². The number of benzene rings is 1. The molecule has 7 heteroatoms. The largest absolute Gasteiger partial charge is 0.494 e. The number of hydrogen-bond acceptors (Lipinski definition) is 4. The first-order chi connectivity index (χ1) is 11.9. The lowest BCUT2D eigenvalue weighted by molar-refractivity contribution is -0.126. The summed E-state index contributed by atoms with van der Waals surface area (Å²) in [6.07, 6.45) is 4.36. The van der Waals surface area contributed by atoms with E-state index in [1.807, 2.05) is 31.2 Å². The maximum absolute atomic E-state index is 12.2. The van der Waals surface area contributed by atoms with Gasteiger partial charge in [0.2, 0.25) is 15.9 Å². The average Bonchev–Trinajstić information content (AvgIpc) is 2.58. The van der Waals surface area contributed by atoms with Gasteiger partial charge in [-0.1, -0.05) is 17.7 Å². The van der Waals surface area contributed by atoms with Crippen LogP contribution in [-0.2, 0) is 14.8 Å². The summed E-state index contributed by atoms with van der Waals surface area (Å²) < 4.78 is 30.3. The van der Waals surface area contributed by atoms with Crippen molar-refractivity contribution in [3.63, 3.8) is 0 Å². The van der Waals surface area contributed by atoms with Crippen LogP contribution in [-0.4, -0.2) is 51.1 Å². The van der Waals surface area contributed by atoms with E-state index < -0.39 is 10.0 Å². The number of unbranched alkanes of at least 4 members (excludes halogenated alkanes) is 1. The molecule has 1 aliphatic rings. The monoisotopic (exact) mass is 368 g/mol. The number of hydrogen-bond donors (Lipinski definition) is 1. The molecular weight excluding hydrogens is 340 g/mol. The Bertz CT molecular complexity index is 658. The number of ether oxygens (including phenoxy) is 1. The maximum Gasteiger partial charge on any atom is 0.224 e. The summed E-state index contributed by atoms with van der Waals surface area (Å²) in [6.45, 7) is 4.05. The number of carbonyl (C=O) groups excluding carboxylic acids is 1. The van der Waals surface area contributed by atoms with Gasteiger partial charge in [0, 0.05) is 19.6 Å². The lowest BCUT2D eigenvalue weighted by Gasteiger charge is -2.30. The van der Waals surface area contributed by atoms with Crippen LogP contribution in [0.3, 0.4) is 0 Å². The average molecular weight is 368 g/mol. The molecule has 0 bridgehead atoms. The fourth-order valence-electron chi connectivity index (χ4n) is 2.87. The molecule has 1 aromatic rings. The Morgan fingerprint density at radius 2 is 2.00 bits per heavy atom. The van der Waals surface area contributed by atoms with E-state index in [4.69, 9.17) is 4.74 Å². The number of carbonyl (C=O) groups is 1. The molecule has 1 fully saturated rings. The Morgan fingerprint density at radius 1 is 1.28 bits per heavy atom. The Hall–Kier alpha value is -1.60. The van der Waals surface area contributed by atoms with E-state index in [-0.39, 0.29) is 11.8 Å². The Balaban J connectivity index is 1.61. The summed E-state index contributed by atoms with van der Waals surface area (Å²) in [7, 11) is -3.22. The number of sulfonamides is 1. The van der Waals surface area contributed by atoms with E-state index in [9.17, 15) is 13.2 Å².